The van der Waals surface area contributed by atoms with Gasteiger partial charge in [-0.1, -0.05) is 12.8 Å². The highest BCUT2D eigenvalue weighted by molar-refractivity contribution is 9.10. The molecule has 0 aromatic heterocycles. The van der Waals surface area contributed by atoms with Crippen molar-refractivity contribution in [3.8, 4) is 6.07 Å². The van der Waals surface area contributed by atoms with Gasteiger partial charge >= 0.3 is 0 Å². The Bertz CT molecular complexity index is 491. The molecule has 0 unspecified atom stereocenters. The Hall–Kier alpha value is -1.12. The highest BCUT2D eigenvalue weighted by Gasteiger charge is 2.12. The number of halogens is 2. The van der Waals surface area contributed by atoms with Crippen LogP contribution in [0.1, 0.15) is 31.2 Å². The van der Waals surface area contributed by atoms with E-state index in [2.05, 4.69) is 26.1 Å². The molecular formula is C15H19BrFN3. The molecule has 3 nitrogen and oxygen atoms in total. The van der Waals surface area contributed by atoms with E-state index in [0.29, 0.717) is 11.3 Å². The van der Waals surface area contributed by atoms with E-state index >= 15 is 0 Å². The maximum absolute atomic E-state index is 14.0. The van der Waals surface area contributed by atoms with Gasteiger partial charge in [-0.15, -0.1) is 0 Å². The SMILES string of the molecule is N#Cc1ccc(NCCN2CCCCCC2)c(F)c1Br. The van der Waals surface area contributed by atoms with Crippen molar-refractivity contribution in [3.63, 3.8) is 0 Å². The van der Waals surface area contributed by atoms with Crippen molar-refractivity contribution in [1.29, 1.82) is 5.26 Å². The van der Waals surface area contributed by atoms with E-state index in [1.54, 1.807) is 12.1 Å². The van der Waals surface area contributed by atoms with Gasteiger partial charge in [-0.3, -0.25) is 0 Å². The van der Waals surface area contributed by atoms with E-state index in [4.69, 9.17) is 5.26 Å². The van der Waals surface area contributed by atoms with Gasteiger partial charge in [0.15, 0.2) is 5.82 Å². The highest BCUT2D eigenvalue weighted by atomic mass is 79.9. The molecule has 1 aromatic carbocycles. The van der Waals surface area contributed by atoms with Gasteiger partial charge in [0.2, 0.25) is 0 Å². The molecule has 1 saturated heterocycles. The zero-order valence-corrected chi connectivity index (χ0v) is 13.0. The van der Waals surface area contributed by atoms with Gasteiger partial charge in [-0.05, 0) is 54.0 Å². The number of anilines is 1. The molecule has 0 atom stereocenters. The summed E-state index contributed by atoms with van der Waals surface area (Å²) in [6.45, 7) is 3.93. The summed E-state index contributed by atoms with van der Waals surface area (Å²) in [6, 6.07) is 5.21. The summed E-state index contributed by atoms with van der Waals surface area (Å²) in [7, 11) is 0. The molecule has 1 aromatic rings. The van der Waals surface area contributed by atoms with Crippen molar-refractivity contribution >= 4 is 21.6 Å². The monoisotopic (exact) mass is 339 g/mol. The van der Waals surface area contributed by atoms with E-state index in [1.807, 2.05) is 6.07 Å². The summed E-state index contributed by atoms with van der Waals surface area (Å²) in [4.78, 5) is 2.43. The zero-order chi connectivity index (χ0) is 14.4. The average molecular weight is 340 g/mol. The maximum Gasteiger partial charge on any atom is 0.161 e. The average Bonchev–Trinajstić information content (AvgIpc) is 2.72. The Kier molecular flexibility index (Phi) is 5.81. The van der Waals surface area contributed by atoms with Crippen molar-refractivity contribution in [3.05, 3.63) is 28.0 Å². The Morgan fingerprint density at radius 3 is 2.60 bits per heavy atom. The largest absolute Gasteiger partial charge is 0.381 e. The Balaban J connectivity index is 1.88. The third-order valence-corrected chi connectivity index (χ3v) is 4.42. The van der Waals surface area contributed by atoms with Crippen LogP contribution in [0, 0.1) is 17.1 Å². The number of hydrogen-bond donors (Lipinski definition) is 1. The maximum atomic E-state index is 14.0. The number of hydrogen-bond acceptors (Lipinski definition) is 3. The lowest BCUT2D eigenvalue weighted by atomic mass is 10.2. The number of likely N-dealkylation sites (tertiary alicyclic amines) is 1. The fourth-order valence-corrected chi connectivity index (χ4v) is 2.92. The van der Waals surface area contributed by atoms with E-state index in [-0.39, 0.29) is 10.3 Å². The molecule has 0 bridgehead atoms. The molecule has 2 rings (SSSR count). The van der Waals surface area contributed by atoms with Crippen LogP contribution in [0.4, 0.5) is 10.1 Å². The highest BCUT2D eigenvalue weighted by Crippen LogP contribution is 2.26. The second-order valence-electron chi connectivity index (χ2n) is 5.08. The second kappa shape index (κ2) is 7.61. The molecule has 5 heteroatoms. The molecule has 0 saturated carbocycles. The van der Waals surface area contributed by atoms with Gasteiger partial charge in [-0.2, -0.15) is 5.26 Å². The van der Waals surface area contributed by atoms with E-state index in [1.165, 1.54) is 25.7 Å². The number of benzene rings is 1. The Morgan fingerprint density at radius 2 is 1.95 bits per heavy atom. The van der Waals surface area contributed by atoms with Gasteiger partial charge in [0.1, 0.15) is 6.07 Å². The first-order valence-corrected chi connectivity index (χ1v) is 7.86. The quantitative estimate of drug-likeness (QED) is 0.907. The first-order chi connectivity index (χ1) is 9.72. The summed E-state index contributed by atoms with van der Waals surface area (Å²) in [5, 5.41) is 11.9. The van der Waals surface area contributed by atoms with E-state index in [9.17, 15) is 4.39 Å². The lowest BCUT2D eigenvalue weighted by Crippen LogP contribution is -2.30. The molecule has 1 aliphatic heterocycles. The van der Waals surface area contributed by atoms with Gasteiger partial charge in [0, 0.05) is 13.1 Å². The zero-order valence-electron chi connectivity index (χ0n) is 11.5. The minimum atomic E-state index is -0.389. The first-order valence-electron chi connectivity index (χ1n) is 7.06. The first kappa shape index (κ1) is 15.3. The predicted molar refractivity (Wildman–Crippen MR) is 82.2 cm³/mol. The van der Waals surface area contributed by atoms with Gasteiger partial charge in [0.05, 0.1) is 15.7 Å². The van der Waals surface area contributed by atoms with E-state index in [0.717, 1.165) is 26.2 Å². The molecule has 0 spiro atoms. The van der Waals surface area contributed by atoms with Gasteiger partial charge in [0.25, 0.3) is 0 Å². The number of nitrogens with one attached hydrogen (secondary N) is 1. The van der Waals surface area contributed by atoms with Crippen molar-refractivity contribution in [2.24, 2.45) is 0 Å². The van der Waals surface area contributed by atoms with Crippen LogP contribution in [-0.4, -0.2) is 31.1 Å². The second-order valence-corrected chi connectivity index (χ2v) is 5.88. The van der Waals surface area contributed by atoms with Crippen molar-refractivity contribution in [1.82, 2.24) is 4.90 Å². The van der Waals surface area contributed by atoms with Crippen LogP contribution < -0.4 is 5.32 Å². The topological polar surface area (TPSA) is 39.1 Å². The van der Waals surface area contributed by atoms with Crippen LogP contribution in [0.15, 0.2) is 16.6 Å². The third-order valence-electron chi connectivity index (χ3n) is 3.64. The lowest BCUT2D eigenvalue weighted by Gasteiger charge is -2.20. The number of nitrogens with zero attached hydrogens (tertiary/aromatic N) is 2. The van der Waals surface area contributed by atoms with Gasteiger partial charge < -0.3 is 10.2 Å². The molecule has 1 heterocycles. The molecule has 1 fully saturated rings. The number of nitriles is 1. The van der Waals surface area contributed by atoms with Crippen molar-refractivity contribution in [2.75, 3.05) is 31.5 Å². The van der Waals surface area contributed by atoms with Crippen LogP contribution >= 0.6 is 15.9 Å². The smallest absolute Gasteiger partial charge is 0.161 e. The minimum Gasteiger partial charge on any atom is -0.381 e. The molecular weight excluding hydrogens is 321 g/mol. The normalized spacial score (nSPS) is 16.4. The fourth-order valence-electron chi connectivity index (χ4n) is 2.48. The summed E-state index contributed by atoms with van der Waals surface area (Å²) in [5.74, 6) is -0.389. The molecule has 1 N–H and O–H groups in total. The lowest BCUT2D eigenvalue weighted by molar-refractivity contribution is 0.296. The summed E-state index contributed by atoms with van der Waals surface area (Å²) >= 11 is 3.12. The molecule has 1 aliphatic rings. The van der Waals surface area contributed by atoms with Crippen LogP contribution in [0.25, 0.3) is 0 Å². The van der Waals surface area contributed by atoms with Crippen LogP contribution in [0.3, 0.4) is 0 Å². The number of rotatable bonds is 4. The van der Waals surface area contributed by atoms with E-state index < -0.39 is 0 Å². The standard InChI is InChI=1S/C15H19BrFN3/c16-14-12(11-18)5-6-13(15(14)17)19-7-10-20-8-3-1-2-4-9-20/h5-6,19H,1-4,7-10H2. The molecule has 108 valence electrons. The molecule has 0 amide bonds. The van der Waals surface area contributed by atoms with Crippen molar-refractivity contribution < 1.29 is 4.39 Å². The van der Waals surface area contributed by atoms with Crippen molar-refractivity contribution in [2.45, 2.75) is 25.7 Å². The Labute approximate surface area is 127 Å². The summed E-state index contributed by atoms with van der Waals surface area (Å²) in [5.41, 5.74) is 0.770. The van der Waals surface area contributed by atoms with Gasteiger partial charge in [-0.25, -0.2) is 4.39 Å². The summed E-state index contributed by atoms with van der Waals surface area (Å²) < 4.78 is 14.2. The van der Waals surface area contributed by atoms with Crippen LogP contribution in [0.2, 0.25) is 0 Å². The molecule has 0 aliphatic carbocycles. The fraction of sp³-hybridized carbons (Fsp3) is 0.533. The minimum absolute atomic E-state index is 0.236. The Morgan fingerprint density at radius 1 is 1.25 bits per heavy atom. The van der Waals surface area contributed by atoms with Crippen LogP contribution in [-0.2, 0) is 0 Å². The molecule has 0 radical (unpaired) electrons. The van der Waals surface area contributed by atoms with Crippen LogP contribution in [0.5, 0.6) is 0 Å². The summed E-state index contributed by atoms with van der Waals surface area (Å²) in [6.07, 6.45) is 5.16. The molecule has 20 heavy (non-hydrogen) atoms. The third kappa shape index (κ3) is 3.94. The predicted octanol–water partition coefficient (Wildman–Crippen LogP) is 3.75.